The van der Waals surface area contributed by atoms with Crippen LogP contribution in [0.2, 0.25) is 0 Å². The van der Waals surface area contributed by atoms with Crippen LogP contribution in [0, 0.1) is 17.8 Å². The quantitative estimate of drug-likeness (QED) is 0.810. The first-order valence-corrected chi connectivity index (χ1v) is 10.5. The average Bonchev–Trinajstić information content (AvgIpc) is 3.54. The van der Waals surface area contributed by atoms with Gasteiger partial charge in [0.25, 0.3) is 5.56 Å². The third-order valence-corrected chi connectivity index (χ3v) is 7.00. The fraction of sp³-hybridized carbons (Fsp3) is 0.478. The van der Waals surface area contributed by atoms with E-state index in [1.165, 1.54) is 12.8 Å². The first-order valence-electron chi connectivity index (χ1n) is 10.5. The minimum atomic E-state index is -0.343. The molecule has 4 atom stereocenters. The predicted octanol–water partition coefficient (Wildman–Crippen LogP) is 1.63. The molecule has 1 aromatic heterocycles. The number of likely N-dealkylation sites (N-methyl/N-ethyl adjacent to an activating group) is 1. The molecule has 2 bridgehead atoms. The highest BCUT2D eigenvalue weighted by molar-refractivity contribution is 5.80. The number of hydrogen-bond donors (Lipinski definition) is 2. The molecule has 152 valence electrons. The van der Waals surface area contributed by atoms with E-state index in [9.17, 15) is 14.7 Å². The summed E-state index contributed by atoms with van der Waals surface area (Å²) in [6.07, 6.45) is 2.36. The lowest BCUT2D eigenvalue weighted by atomic mass is 9.86. The van der Waals surface area contributed by atoms with Crippen LogP contribution in [0.3, 0.4) is 0 Å². The van der Waals surface area contributed by atoms with E-state index >= 15 is 0 Å². The molecule has 0 radical (unpaired) electrons. The van der Waals surface area contributed by atoms with Crippen LogP contribution in [-0.2, 0) is 11.3 Å². The van der Waals surface area contributed by atoms with E-state index in [4.69, 9.17) is 0 Å². The Morgan fingerprint density at radius 1 is 1.17 bits per heavy atom. The lowest BCUT2D eigenvalue weighted by molar-refractivity contribution is -0.127. The zero-order valence-corrected chi connectivity index (χ0v) is 16.6. The summed E-state index contributed by atoms with van der Waals surface area (Å²) in [5, 5.41) is 13.2. The second-order valence-corrected chi connectivity index (χ2v) is 8.69. The number of pyridine rings is 1. The number of fused-ring (bicyclic) bond motifs is 4. The number of aliphatic hydroxyl groups is 1. The fourth-order valence-corrected chi connectivity index (χ4v) is 5.21. The number of aliphatic hydroxyl groups excluding tert-OH is 1. The van der Waals surface area contributed by atoms with Gasteiger partial charge in [0, 0.05) is 42.9 Å². The van der Waals surface area contributed by atoms with Crippen LogP contribution in [0.25, 0.3) is 11.1 Å². The maximum absolute atomic E-state index is 13.3. The van der Waals surface area contributed by atoms with Crippen molar-refractivity contribution in [3.05, 3.63) is 58.5 Å². The Morgan fingerprint density at radius 2 is 1.93 bits per heavy atom. The number of nitrogens with zero attached hydrogens (tertiary/aromatic N) is 2. The van der Waals surface area contributed by atoms with E-state index in [0.717, 1.165) is 11.3 Å². The summed E-state index contributed by atoms with van der Waals surface area (Å²) in [6, 6.07) is 13.3. The highest BCUT2D eigenvalue weighted by Gasteiger charge is 2.54. The minimum Gasteiger partial charge on any atom is -0.396 e. The summed E-state index contributed by atoms with van der Waals surface area (Å²) < 4.78 is 1.83. The van der Waals surface area contributed by atoms with Gasteiger partial charge in [-0.25, -0.2) is 0 Å². The molecule has 6 nitrogen and oxygen atoms in total. The van der Waals surface area contributed by atoms with Gasteiger partial charge in [-0.3, -0.25) is 14.5 Å². The first-order chi connectivity index (χ1) is 14.1. The van der Waals surface area contributed by atoms with Crippen LogP contribution in [0.5, 0.6) is 0 Å². The van der Waals surface area contributed by atoms with Gasteiger partial charge >= 0.3 is 0 Å². The normalized spacial score (nSPS) is 28.2. The molecule has 0 unspecified atom stereocenters. The maximum Gasteiger partial charge on any atom is 0.258 e. The van der Waals surface area contributed by atoms with Gasteiger partial charge in [0.15, 0.2) is 0 Å². The summed E-state index contributed by atoms with van der Waals surface area (Å²) in [4.78, 5) is 28.6. The van der Waals surface area contributed by atoms with Gasteiger partial charge in [-0.1, -0.05) is 30.3 Å². The highest BCUT2D eigenvalue weighted by atomic mass is 16.3. The van der Waals surface area contributed by atoms with Gasteiger partial charge in [-0.15, -0.1) is 0 Å². The summed E-state index contributed by atoms with van der Waals surface area (Å²) in [5.41, 5.74) is 2.42. The third kappa shape index (κ3) is 3.02. The molecule has 6 heteroatoms. The average molecular weight is 393 g/mol. The molecule has 5 rings (SSSR count). The van der Waals surface area contributed by atoms with Crippen LogP contribution in [-0.4, -0.2) is 46.7 Å². The third-order valence-electron chi connectivity index (χ3n) is 7.00. The predicted molar refractivity (Wildman–Crippen MR) is 110 cm³/mol. The largest absolute Gasteiger partial charge is 0.396 e. The molecule has 29 heavy (non-hydrogen) atoms. The molecule has 0 spiro atoms. The SMILES string of the molecule is CN1[C@@H]2Cn3c(ccc(-c4ccccc4)c3=O)[C@H]1[C@@H](C(=O)NCC1CC1)[C@@H]2CO. The van der Waals surface area contributed by atoms with Crippen LogP contribution >= 0.6 is 0 Å². The van der Waals surface area contributed by atoms with Crippen LogP contribution in [0.15, 0.2) is 47.3 Å². The van der Waals surface area contributed by atoms with Crippen molar-refractivity contribution in [1.82, 2.24) is 14.8 Å². The standard InChI is InChI=1S/C23H27N3O3/c1-25-19-12-26-18(10-9-16(23(26)29)15-5-3-2-4-6-15)21(25)20(17(19)13-27)22(28)24-11-14-7-8-14/h2-6,9-10,14,17,19-21,27H,7-8,11-13H2,1H3,(H,24,28)/t17-,19-,20+,21+/m1/s1. The van der Waals surface area contributed by atoms with Crippen LogP contribution < -0.4 is 10.9 Å². The molecule has 3 aliphatic rings. The molecule has 2 aliphatic heterocycles. The zero-order valence-electron chi connectivity index (χ0n) is 16.6. The topological polar surface area (TPSA) is 74.6 Å². The lowest BCUT2D eigenvalue weighted by Gasteiger charge is -2.35. The smallest absolute Gasteiger partial charge is 0.258 e. The first kappa shape index (κ1) is 18.6. The van der Waals surface area contributed by atoms with Crippen molar-refractivity contribution in [2.24, 2.45) is 17.8 Å². The second kappa shape index (κ2) is 7.11. The Kier molecular flexibility index (Phi) is 4.56. The summed E-state index contributed by atoms with van der Waals surface area (Å²) >= 11 is 0. The number of hydrogen-bond acceptors (Lipinski definition) is 4. The molecule has 3 heterocycles. The van der Waals surface area contributed by atoms with Gasteiger partial charge in [0.1, 0.15) is 0 Å². The molecule has 1 amide bonds. The number of nitrogens with one attached hydrogen (secondary N) is 1. The number of benzene rings is 1. The maximum atomic E-state index is 13.3. The van der Waals surface area contributed by atoms with Crippen molar-refractivity contribution in [3.8, 4) is 11.1 Å². The zero-order chi connectivity index (χ0) is 20.1. The summed E-state index contributed by atoms with van der Waals surface area (Å²) in [5.74, 6) is 0.0878. The molecule has 1 aromatic carbocycles. The van der Waals surface area contributed by atoms with Gasteiger partial charge in [-0.05, 0) is 43.5 Å². The summed E-state index contributed by atoms with van der Waals surface area (Å²) in [6.45, 7) is 1.16. The molecule has 2 fully saturated rings. The Hall–Kier alpha value is -2.44. The van der Waals surface area contributed by atoms with Crippen molar-refractivity contribution in [2.75, 3.05) is 20.2 Å². The van der Waals surface area contributed by atoms with Gasteiger partial charge in [0.2, 0.25) is 5.91 Å². The minimum absolute atomic E-state index is 0.00309. The molecular weight excluding hydrogens is 366 g/mol. The number of amides is 1. The number of rotatable bonds is 5. The van der Waals surface area contributed by atoms with E-state index in [1.807, 2.05) is 54.1 Å². The molecule has 1 aliphatic carbocycles. The number of carbonyl (C=O) groups is 1. The molecule has 1 saturated heterocycles. The fourth-order valence-electron chi connectivity index (χ4n) is 5.21. The number of carbonyl (C=O) groups excluding carboxylic acids is 1. The van der Waals surface area contributed by atoms with Gasteiger partial charge in [-0.2, -0.15) is 0 Å². The van der Waals surface area contributed by atoms with Crippen molar-refractivity contribution >= 4 is 5.91 Å². The molecule has 2 aromatic rings. The van der Waals surface area contributed by atoms with E-state index < -0.39 is 0 Å². The van der Waals surface area contributed by atoms with Crippen LogP contribution in [0.4, 0.5) is 0 Å². The van der Waals surface area contributed by atoms with Crippen molar-refractivity contribution in [1.29, 1.82) is 0 Å². The molecule has 2 N–H and O–H groups in total. The van der Waals surface area contributed by atoms with Gasteiger partial charge < -0.3 is 15.0 Å². The van der Waals surface area contributed by atoms with Crippen molar-refractivity contribution in [2.45, 2.75) is 31.5 Å². The lowest BCUT2D eigenvalue weighted by Crippen LogP contribution is -2.44. The number of aromatic nitrogens is 1. The van der Waals surface area contributed by atoms with E-state index in [2.05, 4.69) is 10.2 Å². The van der Waals surface area contributed by atoms with E-state index in [0.29, 0.717) is 24.6 Å². The van der Waals surface area contributed by atoms with Crippen LogP contribution in [0.1, 0.15) is 24.6 Å². The van der Waals surface area contributed by atoms with E-state index in [-0.39, 0.29) is 42.0 Å². The van der Waals surface area contributed by atoms with Crippen molar-refractivity contribution < 1.29 is 9.90 Å². The summed E-state index contributed by atoms with van der Waals surface area (Å²) in [7, 11) is 2.01. The van der Waals surface area contributed by atoms with Crippen molar-refractivity contribution in [3.63, 3.8) is 0 Å². The molecular formula is C23H27N3O3. The Bertz CT molecular complexity index is 983. The Labute approximate surface area is 170 Å². The second-order valence-electron chi connectivity index (χ2n) is 8.69. The van der Waals surface area contributed by atoms with Gasteiger partial charge in [0.05, 0.1) is 12.0 Å². The monoisotopic (exact) mass is 393 g/mol. The molecule has 1 saturated carbocycles. The Balaban J connectivity index is 1.54. The Morgan fingerprint density at radius 3 is 2.62 bits per heavy atom. The highest BCUT2D eigenvalue weighted by Crippen LogP contribution is 2.47. The van der Waals surface area contributed by atoms with E-state index in [1.54, 1.807) is 0 Å².